The van der Waals surface area contributed by atoms with Crippen LogP contribution in [-0.2, 0) is 4.79 Å². The summed E-state index contributed by atoms with van der Waals surface area (Å²) in [5.74, 6) is -4.01. The Kier molecular flexibility index (Phi) is 1.10. The Bertz CT molecular complexity index is 188. The summed E-state index contributed by atoms with van der Waals surface area (Å²) in [6.45, 7) is 0. The monoisotopic (exact) mass is 125 g/mol. The molecule has 0 aromatic heterocycles. The lowest BCUT2D eigenvalue weighted by molar-refractivity contribution is -0.110. The largest absolute Gasteiger partial charge is 0.411 e. The topological polar surface area (TPSA) is 49.7 Å². The third-order valence-electron chi connectivity index (χ3n) is 0.233. The van der Waals surface area contributed by atoms with Gasteiger partial charge in [-0.05, 0) is 0 Å². The van der Waals surface area contributed by atoms with Crippen LogP contribution in [0.5, 0.6) is 0 Å². The summed E-state index contributed by atoms with van der Waals surface area (Å²) in [5, 5.41) is 5.89. The number of alkyl halides is 1. The molecule has 0 unspecified atom stereocenters. The molecule has 0 spiro atoms. The minimum atomic E-state index is -2.67. The highest BCUT2D eigenvalue weighted by Crippen LogP contribution is 1.72. The number of hydrogen-bond donors (Lipinski definition) is 1. The predicted octanol–water partition coefficient (Wildman–Crippen LogP) is 0.254. The SMILES string of the molecule is [2H]ON=C([2H])C(=O)C([2H])([2H])Cl. The molecule has 0 heterocycles. The molecule has 0 aliphatic heterocycles. The van der Waals surface area contributed by atoms with E-state index in [0.717, 1.165) is 0 Å². The number of ketones is 1. The molecule has 0 atom stereocenters. The van der Waals surface area contributed by atoms with Gasteiger partial charge in [-0.15, -0.1) is 11.6 Å². The number of carbonyl (C=O) groups is 1. The van der Waals surface area contributed by atoms with Crippen LogP contribution >= 0.6 is 11.6 Å². The normalized spacial score (nSPS) is 21.0. The van der Waals surface area contributed by atoms with E-state index in [2.05, 4.69) is 10.4 Å². The van der Waals surface area contributed by atoms with Crippen molar-refractivity contribution in [2.45, 2.75) is 0 Å². The number of nitrogens with zero attached hydrogens (tertiary/aromatic N) is 1. The maximum atomic E-state index is 10.6. The van der Waals surface area contributed by atoms with Crippen LogP contribution in [0.25, 0.3) is 0 Å². The zero-order valence-corrected chi connectivity index (χ0v) is 3.90. The number of carbonyl (C=O) groups excluding carboxylic acids is 1. The number of oxime groups is 1. The molecule has 0 radical (unpaired) electrons. The first-order valence-corrected chi connectivity index (χ1v) is 1.68. The average molecular weight is 126 g/mol. The zero-order valence-electron chi connectivity index (χ0n) is 7.14. The Morgan fingerprint density at radius 2 is 3.29 bits per heavy atom. The summed E-state index contributed by atoms with van der Waals surface area (Å²) < 4.78 is 25.9. The predicted molar refractivity (Wildman–Crippen MR) is 26.0 cm³/mol. The van der Waals surface area contributed by atoms with Gasteiger partial charge in [-0.2, -0.15) is 0 Å². The number of halogens is 1. The fraction of sp³-hybridized carbons (Fsp3) is 0.333. The van der Waals surface area contributed by atoms with E-state index in [1.807, 2.05) is 0 Å². The van der Waals surface area contributed by atoms with E-state index in [9.17, 15) is 4.79 Å². The fourth-order valence-corrected chi connectivity index (χ4v) is 0.105. The zero-order chi connectivity index (χ0) is 9.07. The number of rotatable bonds is 3. The summed E-state index contributed by atoms with van der Waals surface area (Å²) in [6, 6.07) is 0. The van der Waals surface area contributed by atoms with Crippen molar-refractivity contribution in [3.8, 4) is 0 Å². The van der Waals surface area contributed by atoms with Gasteiger partial charge in [-0.25, -0.2) is 0 Å². The maximum absolute atomic E-state index is 10.6. The molecule has 0 amide bonds. The molecular weight excluding hydrogens is 117 g/mol. The molecule has 0 bridgehead atoms. The smallest absolute Gasteiger partial charge is 0.330 e. The summed E-state index contributed by atoms with van der Waals surface area (Å²) in [5.41, 5.74) is 0. The second-order valence-electron chi connectivity index (χ2n) is 0.627. The first-order chi connectivity index (χ1) is 4.89. The highest BCUT2D eigenvalue weighted by atomic mass is 35.5. The van der Waals surface area contributed by atoms with Crippen LogP contribution in [0.3, 0.4) is 0 Å². The van der Waals surface area contributed by atoms with E-state index >= 15 is 0 Å². The van der Waals surface area contributed by atoms with Gasteiger partial charge in [0.15, 0.2) is 5.78 Å². The van der Waals surface area contributed by atoms with Gasteiger partial charge in [0.05, 0.1) is 9.94 Å². The van der Waals surface area contributed by atoms with E-state index in [1.54, 1.807) is 0 Å². The van der Waals surface area contributed by atoms with Gasteiger partial charge < -0.3 is 5.21 Å². The Morgan fingerprint density at radius 1 is 2.57 bits per heavy atom. The number of Topliss-reactive ketones (excluding diaryl/α,β-unsaturated/α-hetero) is 1. The van der Waals surface area contributed by atoms with E-state index in [0.29, 0.717) is 0 Å². The van der Waals surface area contributed by atoms with Gasteiger partial charge in [0, 0.05) is 0 Å². The molecule has 0 aromatic rings. The summed E-state index contributed by atoms with van der Waals surface area (Å²) >= 11 is 4.88. The molecule has 4 heteroatoms. The van der Waals surface area contributed by atoms with Gasteiger partial charge >= 0.3 is 1.43 Å². The lowest BCUT2D eigenvalue weighted by Gasteiger charge is -1.74. The first kappa shape index (κ1) is 2.13. The molecule has 0 fully saturated rings. The Hall–Kier alpha value is -0.570. The quantitative estimate of drug-likeness (QED) is 0.255. The van der Waals surface area contributed by atoms with Crippen LogP contribution in [0, 0.1) is 0 Å². The van der Waals surface area contributed by atoms with Gasteiger partial charge in [-0.3, -0.25) is 4.79 Å². The van der Waals surface area contributed by atoms with Crippen LogP contribution in [0.4, 0.5) is 0 Å². The minimum Gasteiger partial charge on any atom is -0.411 e. The lowest BCUT2D eigenvalue weighted by Crippen LogP contribution is -1.98. The molecule has 7 heavy (non-hydrogen) atoms. The molecule has 40 valence electrons. The number of hydrogen-bond acceptors (Lipinski definition) is 3. The third kappa shape index (κ3) is 3.26. The summed E-state index contributed by atoms with van der Waals surface area (Å²) in [4.78, 5) is 10.6. The van der Waals surface area contributed by atoms with Crippen molar-refractivity contribution >= 4 is 23.6 Å². The second kappa shape index (κ2) is 3.61. The molecular formula is C3H4ClNO2. The van der Waals surface area contributed by atoms with Gasteiger partial charge in [-0.1, -0.05) is 5.16 Å². The molecule has 3 nitrogen and oxygen atoms in total. The summed E-state index contributed by atoms with van der Waals surface area (Å²) in [6.07, 6.45) is -1.03. The minimum absolute atomic E-state index is 1.03. The Morgan fingerprint density at radius 3 is 3.71 bits per heavy atom. The van der Waals surface area contributed by atoms with Gasteiger partial charge in [0.25, 0.3) is 0 Å². The molecule has 1 N–H and O–H groups in total. The Labute approximate surface area is 51.3 Å². The highest BCUT2D eigenvalue weighted by molar-refractivity contribution is 6.41. The Balaban J connectivity index is 4.39. The molecule has 0 aliphatic carbocycles. The van der Waals surface area contributed by atoms with E-state index in [4.69, 9.17) is 17.1 Å². The highest BCUT2D eigenvalue weighted by Gasteiger charge is 1.89. The van der Waals surface area contributed by atoms with E-state index in [1.165, 1.54) is 0 Å². The van der Waals surface area contributed by atoms with Crippen molar-refractivity contribution < 1.29 is 15.5 Å². The van der Waals surface area contributed by atoms with Gasteiger partial charge in [0.2, 0.25) is 0 Å². The van der Waals surface area contributed by atoms with E-state index in [-0.39, 0.29) is 0 Å². The molecule has 0 saturated heterocycles. The van der Waals surface area contributed by atoms with Crippen LogP contribution in [0.2, 0.25) is 1.43 Å². The van der Waals surface area contributed by atoms with Crippen molar-refractivity contribution in [2.24, 2.45) is 5.16 Å². The molecule has 0 aliphatic rings. The van der Waals surface area contributed by atoms with Gasteiger partial charge in [0.1, 0.15) is 6.19 Å². The second-order valence-corrected chi connectivity index (χ2v) is 0.816. The maximum Gasteiger partial charge on any atom is 0.330 e. The van der Waals surface area contributed by atoms with E-state index < -0.39 is 17.8 Å². The standard InChI is InChI=1S/C3H4ClNO2/c4-1-3(6)2-5-7/h2,7H,1H2/i1D2,2D/hD. The van der Waals surface area contributed by atoms with Crippen LogP contribution in [0.15, 0.2) is 5.16 Å². The fourth-order valence-electron chi connectivity index (χ4n) is 0.0626. The molecule has 0 rings (SSSR count). The first-order valence-electron chi connectivity index (χ1n) is 3.21. The van der Waals surface area contributed by atoms with Crippen LogP contribution in [0.1, 0.15) is 4.11 Å². The summed E-state index contributed by atoms with van der Waals surface area (Å²) in [7, 11) is 0. The third-order valence-corrected chi connectivity index (χ3v) is 0.405. The molecule has 0 aromatic carbocycles. The lowest BCUT2D eigenvalue weighted by atomic mass is 10.5. The average Bonchev–Trinajstić information content (AvgIpc) is 1.85. The van der Waals surface area contributed by atoms with Crippen LogP contribution in [-0.4, -0.2) is 23.0 Å². The molecule has 0 saturated carbocycles. The van der Waals surface area contributed by atoms with Crippen LogP contribution < -0.4 is 0 Å². The van der Waals surface area contributed by atoms with Crippen molar-refractivity contribution in [2.75, 3.05) is 5.83 Å². The van der Waals surface area contributed by atoms with Crippen molar-refractivity contribution in [3.63, 3.8) is 0 Å². The van der Waals surface area contributed by atoms with Crippen molar-refractivity contribution in [3.05, 3.63) is 0 Å². The van der Waals surface area contributed by atoms with Crippen molar-refractivity contribution in [1.29, 1.82) is 0 Å². The van der Waals surface area contributed by atoms with Crippen molar-refractivity contribution in [1.82, 2.24) is 0 Å².